The summed E-state index contributed by atoms with van der Waals surface area (Å²) in [7, 11) is 0. The van der Waals surface area contributed by atoms with Gasteiger partial charge in [-0.25, -0.2) is 8.78 Å². The van der Waals surface area contributed by atoms with Gasteiger partial charge in [-0.2, -0.15) is 8.78 Å². The van der Waals surface area contributed by atoms with Crippen LogP contribution < -0.4 is 9.47 Å². The predicted octanol–water partition coefficient (Wildman–Crippen LogP) is 6.37. The normalized spacial score (nSPS) is 21.2. The summed E-state index contributed by atoms with van der Waals surface area (Å²) < 4.78 is 68.3. The summed E-state index contributed by atoms with van der Waals surface area (Å²) in [5.41, 5.74) is -1.51. The molecule has 2 aromatic carbocycles. The number of unbranched alkanes of at least 4 members (excludes halogenated alkanes) is 1. The Bertz CT molecular complexity index is 908. The molecule has 0 aliphatic heterocycles. The van der Waals surface area contributed by atoms with E-state index in [1.807, 2.05) is 6.92 Å². The first-order valence-electron chi connectivity index (χ1n) is 10.8. The number of benzene rings is 2. The Kier molecular flexibility index (Phi) is 7.46. The molecular weight excluding hydrogens is 412 g/mol. The molecule has 0 atom stereocenters. The summed E-state index contributed by atoms with van der Waals surface area (Å²) >= 11 is 0. The van der Waals surface area contributed by atoms with E-state index < -0.39 is 28.9 Å². The molecule has 170 valence electrons. The smallest absolute Gasteiger partial charge is 0.200 e. The van der Waals surface area contributed by atoms with Gasteiger partial charge in [-0.1, -0.05) is 19.4 Å². The molecule has 1 saturated carbocycles. The van der Waals surface area contributed by atoms with Crippen LogP contribution in [0.5, 0.6) is 11.5 Å². The summed E-state index contributed by atoms with van der Waals surface area (Å²) in [4.78, 5) is 0. The lowest BCUT2D eigenvalue weighted by atomic mass is 9.73. The molecule has 1 aliphatic carbocycles. The van der Waals surface area contributed by atoms with Crippen molar-refractivity contribution >= 4 is 0 Å². The molecule has 0 amide bonds. The van der Waals surface area contributed by atoms with E-state index in [9.17, 15) is 22.7 Å². The first-order chi connectivity index (χ1) is 14.8. The second-order valence-corrected chi connectivity index (χ2v) is 7.96. The van der Waals surface area contributed by atoms with Gasteiger partial charge in [0.15, 0.2) is 23.1 Å². The van der Waals surface area contributed by atoms with Crippen LogP contribution in [0.3, 0.4) is 0 Å². The van der Waals surface area contributed by atoms with Crippen LogP contribution in [0.25, 0.3) is 0 Å². The van der Waals surface area contributed by atoms with Crippen LogP contribution in [-0.4, -0.2) is 18.3 Å². The zero-order chi connectivity index (χ0) is 22.6. The highest BCUT2D eigenvalue weighted by Crippen LogP contribution is 2.46. The van der Waals surface area contributed by atoms with Gasteiger partial charge in [0, 0.05) is 5.56 Å². The van der Waals surface area contributed by atoms with Crippen molar-refractivity contribution in [3.05, 3.63) is 58.7 Å². The fourth-order valence-corrected chi connectivity index (χ4v) is 4.13. The molecule has 0 spiro atoms. The molecule has 3 rings (SSSR count). The van der Waals surface area contributed by atoms with Gasteiger partial charge >= 0.3 is 0 Å². The van der Waals surface area contributed by atoms with Crippen molar-refractivity contribution < 1.29 is 32.1 Å². The van der Waals surface area contributed by atoms with Crippen molar-refractivity contribution in [3.63, 3.8) is 0 Å². The van der Waals surface area contributed by atoms with Crippen LogP contribution in [0.15, 0.2) is 24.3 Å². The largest absolute Gasteiger partial charge is 0.491 e. The Morgan fingerprint density at radius 3 is 2.13 bits per heavy atom. The van der Waals surface area contributed by atoms with Gasteiger partial charge in [-0.3, -0.25) is 0 Å². The second-order valence-electron chi connectivity index (χ2n) is 7.96. The maximum Gasteiger partial charge on any atom is 0.200 e. The van der Waals surface area contributed by atoms with E-state index in [0.717, 1.165) is 12.8 Å². The lowest BCUT2D eigenvalue weighted by Gasteiger charge is -2.37. The second kappa shape index (κ2) is 9.90. The maximum atomic E-state index is 14.7. The Labute approximate surface area is 180 Å². The average Bonchev–Trinajstić information content (AvgIpc) is 2.76. The molecule has 0 heterocycles. The van der Waals surface area contributed by atoms with E-state index in [-0.39, 0.29) is 48.0 Å². The molecule has 3 nitrogen and oxygen atoms in total. The Morgan fingerprint density at radius 2 is 1.48 bits per heavy atom. The fraction of sp³-hybridized carbons (Fsp3) is 0.500. The third-order valence-electron chi connectivity index (χ3n) is 5.93. The molecule has 2 aromatic rings. The maximum absolute atomic E-state index is 14.7. The van der Waals surface area contributed by atoms with Crippen molar-refractivity contribution in [2.75, 3.05) is 13.2 Å². The minimum Gasteiger partial charge on any atom is -0.491 e. The highest BCUT2D eigenvalue weighted by molar-refractivity contribution is 5.36. The SMILES string of the molecule is CCCCOc1ccc(C2CCC(O)(c3ccc(OCC)c(F)c3F)CC2)c(F)c1F. The summed E-state index contributed by atoms with van der Waals surface area (Å²) in [6.45, 7) is 4.13. The average molecular weight is 440 g/mol. The van der Waals surface area contributed by atoms with E-state index in [1.54, 1.807) is 6.92 Å². The number of halogens is 4. The third kappa shape index (κ3) is 4.81. The number of hydrogen-bond acceptors (Lipinski definition) is 3. The van der Waals surface area contributed by atoms with Crippen molar-refractivity contribution in [2.24, 2.45) is 0 Å². The highest BCUT2D eigenvalue weighted by Gasteiger charge is 2.39. The number of aliphatic hydroxyl groups is 1. The topological polar surface area (TPSA) is 38.7 Å². The summed E-state index contributed by atoms with van der Waals surface area (Å²) in [6, 6.07) is 5.55. The Hall–Kier alpha value is -2.28. The number of rotatable bonds is 8. The van der Waals surface area contributed by atoms with Gasteiger partial charge in [-0.05, 0) is 68.7 Å². The van der Waals surface area contributed by atoms with E-state index in [4.69, 9.17) is 9.47 Å². The number of hydrogen-bond donors (Lipinski definition) is 1. The van der Waals surface area contributed by atoms with E-state index in [0.29, 0.717) is 19.4 Å². The molecule has 1 N–H and O–H groups in total. The van der Waals surface area contributed by atoms with Crippen molar-refractivity contribution in [3.8, 4) is 11.5 Å². The molecule has 0 radical (unpaired) electrons. The van der Waals surface area contributed by atoms with Crippen molar-refractivity contribution in [1.29, 1.82) is 0 Å². The third-order valence-corrected chi connectivity index (χ3v) is 5.93. The summed E-state index contributed by atoms with van der Waals surface area (Å²) in [5.74, 6) is -4.92. The molecule has 1 fully saturated rings. The van der Waals surface area contributed by atoms with Crippen LogP contribution in [-0.2, 0) is 5.60 Å². The lowest BCUT2D eigenvalue weighted by molar-refractivity contribution is -0.00962. The van der Waals surface area contributed by atoms with E-state index >= 15 is 0 Å². The zero-order valence-electron chi connectivity index (χ0n) is 17.8. The minimum atomic E-state index is -1.58. The van der Waals surface area contributed by atoms with Crippen LogP contribution in [0, 0.1) is 23.3 Å². The highest BCUT2D eigenvalue weighted by atomic mass is 19.2. The van der Waals surface area contributed by atoms with Gasteiger partial charge in [0.05, 0.1) is 18.8 Å². The van der Waals surface area contributed by atoms with E-state index in [2.05, 4.69) is 0 Å². The monoisotopic (exact) mass is 440 g/mol. The lowest BCUT2D eigenvalue weighted by Crippen LogP contribution is -2.32. The van der Waals surface area contributed by atoms with Crippen LogP contribution in [0.4, 0.5) is 17.6 Å². The van der Waals surface area contributed by atoms with Crippen LogP contribution in [0.1, 0.15) is 69.4 Å². The van der Waals surface area contributed by atoms with Crippen molar-refractivity contribution in [1.82, 2.24) is 0 Å². The van der Waals surface area contributed by atoms with Gasteiger partial charge < -0.3 is 14.6 Å². The predicted molar refractivity (Wildman–Crippen MR) is 109 cm³/mol. The van der Waals surface area contributed by atoms with Gasteiger partial charge in [0.2, 0.25) is 11.6 Å². The molecular formula is C24H28F4O3. The van der Waals surface area contributed by atoms with E-state index in [1.165, 1.54) is 24.3 Å². The standard InChI is InChI=1S/C24H28F4O3/c1-3-5-14-31-19-8-6-16(20(25)22(19)27)15-10-12-24(29,13-11-15)17-7-9-18(30-4-2)23(28)21(17)26/h6-9,15,29H,3-5,10-14H2,1-2H3. The summed E-state index contributed by atoms with van der Waals surface area (Å²) in [6.07, 6.45) is 2.42. The molecule has 0 aromatic heterocycles. The molecule has 0 unspecified atom stereocenters. The summed E-state index contributed by atoms with van der Waals surface area (Å²) in [5, 5.41) is 11.0. The Balaban J connectivity index is 1.75. The van der Waals surface area contributed by atoms with Crippen LogP contribution in [0.2, 0.25) is 0 Å². The first-order valence-corrected chi connectivity index (χ1v) is 10.8. The van der Waals surface area contributed by atoms with Crippen LogP contribution >= 0.6 is 0 Å². The minimum absolute atomic E-state index is 0.0951. The Morgan fingerprint density at radius 1 is 0.871 bits per heavy atom. The fourth-order valence-electron chi connectivity index (χ4n) is 4.13. The first kappa shape index (κ1) is 23.4. The quantitative estimate of drug-likeness (QED) is 0.383. The van der Waals surface area contributed by atoms with Gasteiger partial charge in [-0.15, -0.1) is 0 Å². The molecule has 1 aliphatic rings. The number of ether oxygens (including phenoxy) is 2. The molecule has 0 saturated heterocycles. The molecule has 31 heavy (non-hydrogen) atoms. The van der Waals surface area contributed by atoms with Crippen molar-refractivity contribution in [2.45, 2.75) is 63.9 Å². The molecule has 7 heteroatoms. The zero-order valence-corrected chi connectivity index (χ0v) is 17.8. The van der Waals surface area contributed by atoms with Gasteiger partial charge in [0.25, 0.3) is 0 Å². The van der Waals surface area contributed by atoms with Gasteiger partial charge in [0.1, 0.15) is 0 Å². The molecule has 0 bridgehead atoms.